The number of hydrogen-bond acceptors (Lipinski definition) is 4. The van der Waals surface area contributed by atoms with Crippen molar-refractivity contribution in [1.82, 2.24) is 24.1 Å². The smallest absolute Gasteiger partial charge is 0.338 e. The van der Waals surface area contributed by atoms with E-state index >= 15 is 0 Å². The molecule has 1 aliphatic rings. The minimum absolute atomic E-state index is 0.0460. The van der Waals surface area contributed by atoms with Crippen LogP contribution in [-0.4, -0.2) is 43.1 Å². The van der Waals surface area contributed by atoms with E-state index in [1.807, 2.05) is 35.2 Å². The summed E-state index contributed by atoms with van der Waals surface area (Å²) < 4.78 is 2.95. The number of hydrogen-bond donors (Lipinski definition) is 0. The molecular weight excluding hydrogens is 306 g/mol. The summed E-state index contributed by atoms with van der Waals surface area (Å²) in [7, 11) is 0. The zero-order chi connectivity index (χ0) is 16.5. The number of benzene rings is 1. The van der Waals surface area contributed by atoms with Crippen LogP contribution in [0.3, 0.4) is 0 Å². The molecule has 0 saturated carbocycles. The highest BCUT2D eigenvalue weighted by Gasteiger charge is 2.28. The van der Waals surface area contributed by atoms with Crippen LogP contribution in [0.1, 0.15) is 16.8 Å². The van der Waals surface area contributed by atoms with Crippen molar-refractivity contribution in [1.29, 1.82) is 0 Å². The Kier molecular flexibility index (Phi) is 3.60. The van der Waals surface area contributed by atoms with Crippen LogP contribution < -0.4 is 5.69 Å². The van der Waals surface area contributed by atoms with Crippen LogP contribution in [0.25, 0.3) is 5.65 Å². The maximum absolute atomic E-state index is 12.5. The number of aromatic nitrogens is 4. The second-order valence-corrected chi connectivity index (χ2v) is 6.04. The molecule has 24 heavy (non-hydrogen) atoms. The van der Waals surface area contributed by atoms with E-state index in [2.05, 4.69) is 10.1 Å². The third-order valence-corrected chi connectivity index (χ3v) is 4.41. The number of carbonyl (C=O) groups is 1. The number of fused-ring (bicyclic) bond motifs is 1. The van der Waals surface area contributed by atoms with Crippen molar-refractivity contribution >= 4 is 11.6 Å². The van der Waals surface area contributed by atoms with Gasteiger partial charge in [-0.15, -0.1) is 5.10 Å². The molecule has 4 rings (SSSR count). The van der Waals surface area contributed by atoms with Gasteiger partial charge in [0.2, 0.25) is 0 Å². The predicted octanol–water partition coefficient (Wildman–Crippen LogP) is 1.05. The van der Waals surface area contributed by atoms with Gasteiger partial charge in [-0.25, -0.2) is 13.9 Å². The standard InChI is InChI=1S/C17H17N5O2/c23-16(14-4-2-1-3-5-14)20-8-6-13(11-20)12-22-17(24)21-9-7-18-10-15(21)19-22/h1-5,7,9-10,13H,6,8,11-12H2. The Morgan fingerprint density at radius 3 is 2.88 bits per heavy atom. The van der Waals surface area contributed by atoms with Crippen molar-refractivity contribution in [2.24, 2.45) is 5.92 Å². The van der Waals surface area contributed by atoms with E-state index in [0.29, 0.717) is 30.8 Å². The molecule has 0 aliphatic carbocycles. The lowest BCUT2D eigenvalue weighted by Crippen LogP contribution is -2.30. The van der Waals surface area contributed by atoms with Crippen LogP contribution in [-0.2, 0) is 6.54 Å². The molecule has 1 atom stereocenters. The van der Waals surface area contributed by atoms with Crippen LogP contribution in [0, 0.1) is 5.92 Å². The van der Waals surface area contributed by atoms with E-state index in [1.165, 1.54) is 9.08 Å². The van der Waals surface area contributed by atoms with Gasteiger partial charge in [0, 0.05) is 31.0 Å². The molecule has 7 heteroatoms. The highest BCUT2D eigenvalue weighted by Crippen LogP contribution is 2.19. The average molecular weight is 323 g/mol. The van der Waals surface area contributed by atoms with Gasteiger partial charge in [-0.1, -0.05) is 18.2 Å². The third kappa shape index (κ3) is 2.58. The summed E-state index contributed by atoms with van der Waals surface area (Å²) in [6.45, 7) is 1.87. The summed E-state index contributed by atoms with van der Waals surface area (Å²) in [6.07, 6.45) is 5.62. The van der Waals surface area contributed by atoms with Crippen molar-refractivity contribution in [3.8, 4) is 0 Å². The van der Waals surface area contributed by atoms with E-state index in [4.69, 9.17) is 0 Å². The van der Waals surface area contributed by atoms with Crippen molar-refractivity contribution in [3.63, 3.8) is 0 Å². The lowest BCUT2D eigenvalue weighted by Gasteiger charge is -2.16. The molecule has 1 amide bonds. The van der Waals surface area contributed by atoms with Gasteiger partial charge in [0.25, 0.3) is 5.91 Å². The first-order chi connectivity index (χ1) is 11.7. The number of likely N-dealkylation sites (tertiary alicyclic amines) is 1. The zero-order valence-electron chi connectivity index (χ0n) is 13.1. The first kappa shape index (κ1) is 14.6. The van der Waals surface area contributed by atoms with Crippen molar-refractivity contribution in [3.05, 3.63) is 65.0 Å². The van der Waals surface area contributed by atoms with Crippen LogP contribution in [0.5, 0.6) is 0 Å². The largest absolute Gasteiger partial charge is 0.350 e. The predicted molar refractivity (Wildman–Crippen MR) is 87.7 cm³/mol. The molecule has 1 aliphatic heterocycles. The van der Waals surface area contributed by atoms with Crippen LogP contribution in [0.2, 0.25) is 0 Å². The average Bonchev–Trinajstić information content (AvgIpc) is 3.21. The molecule has 0 bridgehead atoms. The van der Waals surface area contributed by atoms with Gasteiger partial charge in [0.1, 0.15) is 0 Å². The van der Waals surface area contributed by atoms with E-state index in [0.717, 1.165) is 6.42 Å². The number of carbonyl (C=O) groups excluding carboxylic acids is 1. The Morgan fingerprint density at radius 1 is 1.25 bits per heavy atom. The fourth-order valence-corrected chi connectivity index (χ4v) is 3.17. The second kappa shape index (κ2) is 5.92. The maximum atomic E-state index is 12.5. The minimum Gasteiger partial charge on any atom is -0.338 e. The van der Waals surface area contributed by atoms with Gasteiger partial charge in [0.15, 0.2) is 5.65 Å². The first-order valence-electron chi connectivity index (χ1n) is 7.96. The quantitative estimate of drug-likeness (QED) is 0.722. The Bertz CT molecular complexity index is 931. The van der Waals surface area contributed by atoms with Gasteiger partial charge in [0.05, 0.1) is 12.7 Å². The second-order valence-electron chi connectivity index (χ2n) is 6.04. The molecule has 0 spiro atoms. The summed E-state index contributed by atoms with van der Waals surface area (Å²) >= 11 is 0. The molecule has 2 aromatic heterocycles. The maximum Gasteiger partial charge on any atom is 0.350 e. The van der Waals surface area contributed by atoms with E-state index in [-0.39, 0.29) is 17.5 Å². The Labute approximate surface area is 138 Å². The van der Waals surface area contributed by atoms with Gasteiger partial charge < -0.3 is 4.90 Å². The lowest BCUT2D eigenvalue weighted by molar-refractivity contribution is 0.0785. The molecule has 1 unspecified atom stereocenters. The summed E-state index contributed by atoms with van der Waals surface area (Å²) in [4.78, 5) is 30.6. The fraction of sp³-hybridized carbons (Fsp3) is 0.294. The lowest BCUT2D eigenvalue weighted by atomic mass is 10.1. The summed E-state index contributed by atoms with van der Waals surface area (Å²) in [5.41, 5.74) is 1.08. The molecule has 0 radical (unpaired) electrons. The number of rotatable bonds is 3. The normalized spacial score (nSPS) is 17.5. The van der Waals surface area contributed by atoms with Crippen LogP contribution in [0.15, 0.2) is 53.7 Å². The van der Waals surface area contributed by atoms with Gasteiger partial charge >= 0.3 is 5.69 Å². The van der Waals surface area contributed by atoms with Crippen molar-refractivity contribution < 1.29 is 4.79 Å². The highest BCUT2D eigenvalue weighted by molar-refractivity contribution is 5.94. The fourth-order valence-electron chi connectivity index (χ4n) is 3.17. The SMILES string of the molecule is O=C(c1ccccc1)N1CCC(Cn2nc3cnccn3c2=O)C1. The molecule has 1 saturated heterocycles. The van der Waals surface area contributed by atoms with Gasteiger partial charge in [-0.2, -0.15) is 0 Å². The monoisotopic (exact) mass is 323 g/mol. The minimum atomic E-state index is -0.166. The Hall–Kier alpha value is -2.96. The third-order valence-electron chi connectivity index (χ3n) is 4.41. The van der Waals surface area contributed by atoms with Crippen LogP contribution in [0.4, 0.5) is 0 Å². The topological polar surface area (TPSA) is 72.5 Å². The summed E-state index contributed by atoms with van der Waals surface area (Å²) in [5.74, 6) is 0.276. The molecule has 1 aromatic carbocycles. The highest BCUT2D eigenvalue weighted by atomic mass is 16.2. The van der Waals surface area contributed by atoms with E-state index in [1.54, 1.807) is 18.6 Å². The number of nitrogens with zero attached hydrogens (tertiary/aromatic N) is 5. The molecule has 1 fully saturated rings. The van der Waals surface area contributed by atoms with Crippen molar-refractivity contribution in [2.45, 2.75) is 13.0 Å². The molecule has 7 nitrogen and oxygen atoms in total. The Balaban J connectivity index is 1.48. The molecule has 3 heterocycles. The summed E-state index contributed by atoms with van der Waals surface area (Å²) in [6, 6.07) is 9.29. The first-order valence-corrected chi connectivity index (χ1v) is 7.96. The van der Waals surface area contributed by atoms with Crippen LogP contribution >= 0.6 is 0 Å². The van der Waals surface area contributed by atoms with E-state index in [9.17, 15) is 9.59 Å². The molecule has 122 valence electrons. The molecule has 0 N–H and O–H groups in total. The summed E-state index contributed by atoms with van der Waals surface area (Å²) in [5, 5.41) is 4.30. The number of amides is 1. The van der Waals surface area contributed by atoms with Gasteiger partial charge in [-0.05, 0) is 24.5 Å². The van der Waals surface area contributed by atoms with E-state index < -0.39 is 0 Å². The van der Waals surface area contributed by atoms with Crippen molar-refractivity contribution in [2.75, 3.05) is 13.1 Å². The zero-order valence-corrected chi connectivity index (χ0v) is 13.1. The Morgan fingerprint density at radius 2 is 2.08 bits per heavy atom. The van der Waals surface area contributed by atoms with Gasteiger partial charge in [-0.3, -0.25) is 9.78 Å². The molecular formula is C17H17N5O2. The molecule has 3 aromatic rings.